The molecule has 0 saturated heterocycles. The number of phosphoric acid groups is 1. The fourth-order valence-electron chi connectivity index (χ4n) is 3.36. The Kier molecular flexibility index (Phi) is 28.6. The Labute approximate surface area is 268 Å². The average molecular weight is 491 g/mol. The van der Waals surface area contributed by atoms with Gasteiger partial charge in [0.15, 0.2) is 0 Å². The molecule has 0 radical (unpaired) electrons. The number of hydrogen-bond donors (Lipinski definition) is 0. The van der Waals surface area contributed by atoms with E-state index >= 15 is 0 Å². The molecule has 1 aromatic carbocycles. The van der Waals surface area contributed by atoms with Gasteiger partial charge in [-0.25, -0.2) is 9.56 Å². The van der Waals surface area contributed by atoms with Crippen molar-refractivity contribution in [2.75, 3.05) is 6.61 Å². The Morgan fingerprint density at radius 3 is 1.47 bits per heavy atom. The first kappa shape index (κ1) is 34.7. The Bertz CT molecular complexity index is 514. The minimum atomic E-state index is -4.99. The third-order valence-corrected chi connectivity index (χ3v) is 5.22. The molecule has 5 nitrogen and oxygen atoms in total. The molecule has 1 rings (SSSR count). The Hall–Kier alpha value is 2.56. The maximum Gasteiger partial charge on any atom is 1.00 e. The Morgan fingerprint density at radius 1 is 0.633 bits per heavy atom. The molecule has 162 valence electrons. The van der Waals surface area contributed by atoms with Crippen molar-refractivity contribution in [1.29, 1.82) is 0 Å². The second-order valence-corrected chi connectivity index (χ2v) is 8.57. The van der Waals surface area contributed by atoms with Gasteiger partial charge < -0.3 is 14.4 Å². The molecule has 0 amide bonds. The quantitative estimate of drug-likeness (QED) is 0.0857. The minimum absolute atomic E-state index is 0. The van der Waals surface area contributed by atoms with Crippen LogP contribution in [0.4, 0.5) is 0 Å². The molecule has 0 aliphatic carbocycles. The predicted octanol–water partition coefficient (Wildman–Crippen LogP) is -0.525. The molecule has 1 aromatic rings. The van der Waals surface area contributed by atoms with Crippen molar-refractivity contribution < 1.29 is 127 Å². The van der Waals surface area contributed by atoms with E-state index in [-0.39, 0.29) is 109 Å². The van der Waals surface area contributed by atoms with Crippen molar-refractivity contribution in [3.8, 4) is 0 Å². The Morgan fingerprint density at radius 2 is 1.03 bits per heavy atom. The standard InChI is InChI=1S/C22H39O5P.2K/c23-28(24,25)27-26-21-17-12-10-8-6-4-2-1-3-5-7-9-11-14-18-22-19-15-13-16-20-22;;/h13,15-16,19-20H,1-12,14,17-18,21H2,(H2,23,24,25);;/q;2*+1/p-2. The summed E-state index contributed by atoms with van der Waals surface area (Å²) in [7, 11) is -4.99. The number of aryl methyl sites for hydroxylation is 1. The van der Waals surface area contributed by atoms with Gasteiger partial charge in [-0.15, -0.1) is 0 Å². The Balaban J connectivity index is 0. The van der Waals surface area contributed by atoms with Gasteiger partial charge in [0.05, 0.1) is 6.61 Å². The van der Waals surface area contributed by atoms with E-state index in [1.165, 1.54) is 82.6 Å². The summed E-state index contributed by atoms with van der Waals surface area (Å²) in [5.41, 5.74) is 1.46. The first-order valence-electron chi connectivity index (χ1n) is 10.9. The maximum absolute atomic E-state index is 10.2. The molecule has 0 aliphatic heterocycles. The number of benzene rings is 1. The van der Waals surface area contributed by atoms with Crippen LogP contribution in [0.25, 0.3) is 0 Å². The van der Waals surface area contributed by atoms with Crippen LogP contribution >= 0.6 is 7.82 Å². The van der Waals surface area contributed by atoms with Gasteiger partial charge in [0, 0.05) is 0 Å². The van der Waals surface area contributed by atoms with Gasteiger partial charge in [-0.2, -0.15) is 0 Å². The van der Waals surface area contributed by atoms with Crippen molar-refractivity contribution in [1.82, 2.24) is 0 Å². The zero-order valence-electron chi connectivity index (χ0n) is 19.2. The van der Waals surface area contributed by atoms with Crippen LogP contribution in [-0.2, 0) is 20.5 Å². The summed E-state index contributed by atoms with van der Waals surface area (Å²) in [6.07, 6.45) is 18.5. The van der Waals surface area contributed by atoms with Crippen molar-refractivity contribution in [2.24, 2.45) is 0 Å². The van der Waals surface area contributed by atoms with Crippen LogP contribution in [0.1, 0.15) is 95.5 Å². The fraction of sp³-hybridized carbons (Fsp3) is 0.727. The number of hydrogen-bond acceptors (Lipinski definition) is 5. The molecule has 0 N–H and O–H groups in total. The van der Waals surface area contributed by atoms with Crippen molar-refractivity contribution in [2.45, 2.75) is 96.3 Å². The summed E-state index contributed by atoms with van der Waals surface area (Å²) in [5, 5.41) is 0. The molecular weight excluding hydrogens is 453 g/mol. The van der Waals surface area contributed by atoms with E-state index in [4.69, 9.17) is 0 Å². The van der Waals surface area contributed by atoms with Crippen LogP contribution in [0, 0.1) is 0 Å². The summed E-state index contributed by atoms with van der Waals surface area (Å²) in [6, 6.07) is 10.8. The first-order chi connectivity index (χ1) is 13.6. The van der Waals surface area contributed by atoms with Gasteiger partial charge in [-0.05, 0) is 24.8 Å². The van der Waals surface area contributed by atoms with Crippen molar-refractivity contribution in [3.63, 3.8) is 0 Å². The fourth-order valence-corrected chi connectivity index (χ4v) is 3.56. The zero-order valence-corrected chi connectivity index (χ0v) is 26.3. The zero-order chi connectivity index (χ0) is 20.3. The van der Waals surface area contributed by atoms with Crippen LogP contribution < -0.4 is 113 Å². The molecule has 0 saturated carbocycles. The molecule has 0 aliphatic rings. The molecule has 8 heteroatoms. The monoisotopic (exact) mass is 490 g/mol. The molecule has 0 atom stereocenters. The van der Waals surface area contributed by atoms with E-state index in [2.05, 4.69) is 39.9 Å². The van der Waals surface area contributed by atoms with E-state index in [1.807, 2.05) is 0 Å². The molecule has 0 unspecified atom stereocenters. The van der Waals surface area contributed by atoms with E-state index in [0.717, 1.165) is 12.8 Å². The second-order valence-electron chi connectivity index (χ2n) is 7.53. The first-order valence-corrected chi connectivity index (χ1v) is 12.4. The van der Waals surface area contributed by atoms with Crippen LogP contribution in [0.5, 0.6) is 0 Å². The second kappa shape index (κ2) is 24.7. The van der Waals surface area contributed by atoms with Crippen molar-refractivity contribution in [3.05, 3.63) is 35.9 Å². The molecule has 0 bridgehead atoms. The van der Waals surface area contributed by atoms with Crippen molar-refractivity contribution >= 4 is 7.82 Å². The predicted molar refractivity (Wildman–Crippen MR) is 109 cm³/mol. The van der Waals surface area contributed by atoms with Crippen LogP contribution in [0.15, 0.2) is 30.3 Å². The molecule has 0 heterocycles. The van der Waals surface area contributed by atoms with Crippen LogP contribution in [0.2, 0.25) is 0 Å². The van der Waals surface area contributed by atoms with Crippen LogP contribution in [-0.4, -0.2) is 6.61 Å². The normalized spacial score (nSPS) is 11.0. The van der Waals surface area contributed by atoms with Gasteiger partial charge in [-0.1, -0.05) is 107 Å². The third kappa shape index (κ3) is 25.2. The molecule has 30 heavy (non-hydrogen) atoms. The summed E-state index contributed by atoms with van der Waals surface area (Å²) in [6.45, 7) is 0.153. The molecule has 0 aromatic heterocycles. The topological polar surface area (TPSA) is 81.7 Å². The van der Waals surface area contributed by atoms with Gasteiger partial charge in [0.2, 0.25) is 0 Å². The molecule has 0 spiro atoms. The van der Waals surface area contributed by atoms with E-state index in [9.17, 15) is 14.4 Å². The summed E-state index contributed by atoms with van der Waals surface area (Å²) < 4.78 is 13.9. The SMILES string of the molecule is O=P([O-])([O-])OOCCCCCCCCCCCCCCCCc1ccccc1.[K+].[K+]. The van der Waals surface area contributed by atoms with Gasteiger partial charge in [0.25, 0.3) is 0 Å². The summed E-state index contributed by atoms with van der Waals surface area (Å²) >= 11 is 0. The summed E-state index contributed by atoms with van der Waals surface area (Å²) in [4.78, 5) is 24.7. The van der Waals surface area contributed by atoms with E-state index in [0.29, 0.717) is 6.42 Å². The van der Waals surface area contributed by atoms with E-state index in [1.54, 1.807) is 0 Å². The average Bonchev–Trinajstić information content (AvgIpc) is 2.67. The largest absolute Gasteiger partial charge is 1.00 e. The van der Waals surface area contributed by atoms with Gasteiger partial charge in [-0.3, -0.25) is 0 Å². The number of rotatable bonds is 19. The molecule has 0 fully saturated rings. The maximum atomic E-state index is 10.2. The van der Waals surface area contributed by atoms with Gasteiger partial charge >= 0.3 is 103 Å². The third-order valence-electron chi connectivity index (χ3n) is 4.93. The smallest absolute Gasteiger partial charge is 0.788 e. The number of unbranched alkanes of at least 4 members (excludes halogenated alkanes) is 13. The van der Waals surface area contributed by atoms with Crippen LogP contribution in [0.3, 0.4) is 0 Å². The van der Waals surface area contributed by atoms with E-state index < -0.39 is 7.82 Å². The minimum Gasteiger partial charge on any atom is -0.788 e. The van der Waals surface area contributed by atoms with Gasteiger partial charge in [0.1, 0.15) is 7.82 Å². The summed E-state index contributed by atoms with van der Waals surface area (Å²) in [5.74, 6) is 0. The molecular formula is C22H37K2O5P.